The number of hydrogen-bond acceptors (Lipinski definition) is 6. The number of amides is 3. The molecule has 3 amide bonds. The quantitative estimate of drug-likeness (QED) is 0.675. The van der Waals surface area contributed by atoms with Crippen LogP contribution in [0, 0.1) is 5.92 Å². The summed E-state index contributed by atoms with van der Waals surface area (Å²) in [6.07, 6.45) is 0. The van der Waals surface area contributed by atoms with Crippen molar-refractivity contribution in [3.05, 3.63) is 24.3 Å². The van der Waals surface area contributed by atoms with Crippen LogP contribution in [-0.2, 0) is 14.8 Å². The molecule has 0 unspecified atom stereocenters. The number of nitrogens with zero attached hydrogens (tertiary/aromatic N) is 2. The molecule has 0 bridgehead atoms. The number of benzene rings is 1. The Bertz CT molecular complexity index is 772. The molecule has 2 rings (SSSR count). The number of ether oxygens (including phenoxy) is 1. The van der Waals surface area contributed by atoms with E-state index in [9.17, 15) is 18.0 Å². The van der Waals surface area contributed by atoms with Crippen LogP contribution in [0.3, 0.4) is 0 Å². The Labute approximate surface area is 166 Å². The average Bonchev–Trinajstić information content (AvgIpc) is 2.66. The Kier molecular flexibility index (Phi) is 7.78. The summed E-state index contributed by atoms with van der Waals surface area (Å²) < 4.78 is 31.9. The highest BCUT2D eigenvalue weighted by Crippen LogP contribution is 2.20. The molecule has 2 N–H and O–H groups in total. The van der Waals surface area contributed by atoms with Crippen LogP contribution in [0.2, 0.25) is 0 Å². The summed E-state index contributed by atoms with van der Waals surface area (Å²) in [5, 5.41) is 4.90. The van der Waals surface area contributed by atoms with Crippen LogP contribution in [0.15, 0.2) is 29.2 Å². The van der Waals surface area contributed by atoms with Crippen molar-refractivity contribution in [3.8, 4) is 5.75 Å². The highest BCUT2D eigenvalue weighted by Gasteiger charge is 2.29. The van der Waals surface area contributed by atoms with E-state index in [1.54, 1.807) is 12.1 Å². The number of rotatable bonds is 7. The van der Waals surface area contributed by atoms with Gasteiger partial charge in [-0.3, -0.25) is 15.0 Å². The van der Waals surface area contributed by atoms with Gasteiger partial charge < -0.3 is 10.1 Å². The van der Waals surface area contributed by atoms with Gasteiger partial charge in [0.15, 0.2) is 0 Å². The summed E-state index contributed by atoms with van der Waals surface area (Å²) in [5.74, 6) is 0.474. The molecule has 0 radical (unpaired) electrons. The van der Waals surface area contributed by atoms with Crippen molar-refractivity contribution in [2.75, 3.05) is 46.4 Å². The lowest BCUT2D eigenvalue weighted by Crippen LogP contribution is -2.52. The van der Waals surface area contributed by atoms with Crippen LogP contribution in [0.25, 0.3) is 0 Å². The first kappa shape index (κ1) is 22.1. The van der Waals surface area contributed by atoms with Gasteiger partial charge in [-0.05, 0) is 30.2 Å². The van der Waals surface area contributed by atoms with Gasteiger partial charge in [-0.25, -0.2) is 13.2 Å². The summed E-state index contributed by atoms with van der Waals surface area (Å²) >= 11 is 0. The van der Waals surface area contributed by atoms with E-state index in [4.69, 9.17) is 4.74 Å². The number of methoxy groups -OCH3 is 1. The second-order valence-electron chi connectivity index (χ2n) is 7.01. The molecule has 156 valence electrons. The first-order valence-electron chi connectivity index (χ1n) is 9.16. The van der Waals surface area contributed by atoms with E-state index >= 15 is 0 Å². The van der Waals surface area contributed by atoms with E-state index in [1.165, 1.54) is 23.5 Å². The van der Waals surface area contributed by atoms with Gasteiger partial charge in [-0.15, -0.1) is 0 Å². The molecule has 1 aliphatic rings. The highest BCUT2D eigenvalue weighted by molar-refractivity contribution is 7.89. The predicted octanol–water partition coefficient (Wildman–Crippen LogP) is 0.483. The molecular formula is C18H28N4O5S. The average molecular weight is 413 g/mol. The molecule has 1 fully saturated rings. The summed E-state index contributed by atoms with van der Waals surface area (Å²) in [7, 11) is -2.07. The molecule has 0 aromatic heterocycles. The van der Waals surface area contributed by atoms with Crippen LogP contribution in [0.5, 0.6) is 5.75 Å². The fourth-order valence-corrected chi connectivity index (χ4v) is 4.16. The molecule has 9 nitrogen and oxygen atoms in total. The first-order chi connectivity index (χ1) is 13.2. The van der Waals surface area contributed by atoms with Crippen molar-refractivity contribution in [2.24, 2.45) is 5.92 Å². The van der Waals surface area contributed by atoms with Gasteiger partial charge in [0.2, 0.25) is 15.9 Å². The standard InChI is InChI=1S/C18H28N4O5S/c1-14(2)12-19-18(24)20-17(23)13-21-8-10-22(11-9-21)28(25,26)16-6-4-15(27-3)5-7-16/h4-7,14H,8-13H2,1-3H3,(H2,19,20,23,24). The largest absolute Gasteiger partial charge is 0.497 e. The molecular weight excluding hydrogens is 384 g/mol. The summed E-state index contributed by atoms with van der Waals surface area (Å²) in [6.45, 7) is 5.84. The van der Waals surface area contributed by atoms with Gasteiger partial charge >= 0.3 is 6.03 Å². The smallest absolute Gasteiger partial charge is 0.321 e. The van der Waals surface area contributed by atoms with Crippen LogP contribution in [0.4, 0.5) is 4.79 Å². The van der Waals surface area contributed by atoms with E-state index in [1.807, 2.05) is 18.7 Å². The van der Waals surface area contributed by atoms with Crippen LogP contribution in [-0.4, -0.2) is 75.9 Å². The zero-order chi connectivity index (χ0) is 20.7. The molecule has 1 heterocycles. The van der Waals surface area contributed by atoms with E-state index < -0.39 is 22.0 Å². The lowest BCUT2D eigenvalue weighted by atomic mass is 10.2. The molecule has 0 aliphatic carbocycles. The van der Waals surface area contributed by atoms with E-state index in [-0.39, 0.29) is 24.5 Å². The number of sulfonamides is 1. The number of hydrogen-bond donors (Lipinski definition) is 2. The summed E-state index contributed by atoms with van der Waals surface area (Å²) in [6, 6.07) is 5.74. The van der Waals surface area contributed by atoms with Crippen molar-refractivity contribution >= 4 is 22.0 Å². The van der Waals surface area contributed by atoms with E-state index in [0.29, 0.717) is 31.3 Å². The SMILES string of the molecule is COc1ccc(S(=O)(=O)N2CCN(CC(=O)NC(=O)NCC(C)C)CC2)cc1. The normalized spacial score (nSPS) is 16.0. The van der Waals surface area contributed by atoms with Crippen molar-refractivity contribution in [1.82, 2.24) is 19.8 Å². The van der Waals surface area contributed by atoms with E-state index in [2.05, 4.69) is 10.6 Å². The zero-order valence-electron chi connectivity index (χ0n) is 16.5. The van der Waals surface area contributed by atoms with Gasteiger partial charge in [-0.2, -0.15) is 4.31 Å². The third-order valence-electron chi connectivity index (χ3n) is 4.32. The molecule has 28 heavy (non-hydrogen) atoms. The minimum absolute atomic E-state index is 0.0471. The number of piperazine rings is 1. The van der Waals surface area contributed by atoms with Crippen LogP contribution in [0.1, 0.15) is 13.8 Å². The van der Waals surface area contributed by atoms with Crippen molar-refractivity contribution in [1.29, 1.82) is 0 Å². The predicted molar refractivity (Wildman–Crippen MR) is 105 cm³/mol. The summed E-state index contributed by atoms with van der Waals surface area (Å²) in [5.41, 5.74) is 0. The second kappa shape index (κ2) is 9.85. The molecule has 0 atom stereocenters. The maximum atomic E-state index is 12.7. The number of carbonyl (C=O) groups excluding carboxylic acids is 2. The maximum absolute atomic E-state index is 12.7. The number of nitrogens with one attached hydrogen (secondary N) is 2. The second-order valence-corrected chi connectivity index (χ2v) is 8.95. The highest BCUT2D eigenvalue weighted by atomic mass is 32.2. The molecule has 10 heteroatoms. The maximum Gasteiger partial charge on any atom is 0.321 e. The Hall–Kier alpha value is -2.17. The van der Waals surface area contributed by atoms with Crippen molar-refractivity contribution in [2.45, 2.75) is 18.7 Å². The van der Waals surface area contributed by atoms with Crippen LogP contribution < -0.4 is 15.4 Å². The fraction of sp³-hybridized carbons (Fsp3) is 0.556. The monoisotopic (exact) mass is 412 g/mol. The Balaban J connectivity index is 1.83. The van der Waals surface area contributed by atoms with Crippen molar-refractivity contribution in [3.63, 3.8) is 0 Å². The third kappa shape index (κ3) is 6.18. The molecule has 1 aliphatic heterocycles. The van der Waals surface area contributed by atoms with Crippen molar-refractivity contribution < 1.29 is 22.7 Å². The van der Waals surface area contributed by atoms with Gasteiger partial charge in [0.05, 0.1) is 18.6 Å². The molecule has 0 spiro atoms. The minimum Gasteiger partial charge on any atom is -0.497 e. The summed E-state index contributed by atoms with van der Waals surface area (Å²) in [4.78, 5) is 25.6. The van der Waals surface area contributed by atoms with Gasteiger partial charge in [0.25, 0.3) is 0 Å². The van der Waals surface area contributed by atoms with Gasteiger partial charge in [-0.1, -0.05) is 13.8 Å². The fourth-order valence-electron chi connectivity index (χ4n) is 2.74. The molecule has 0 saturated carbocycles. The number of imide groups is 1. The molecule has 1 saturated heterocycles. The van der Waals surface area contributed by atoms with E-state index in [0.717, 1.165) is 0 Å². The minimum atomic E-state index is -3.59. The van der Waals surface area contributed by atoms with Gasteiger partial charge in [0.1, 0.15) is 5.75 Å². The molecule has 1 aromatic carbocycles. The number of carbonyl (C=O) groups is 2. The Morgan fingerprint density at radius 3 is 2.25 bits per heavy atom. The number of urea groups is 1. The first-order valence-corrected chi connectivity index (χ1v) is 10.6. The Morgan fingerprint density at radius 1 is 1.11 bits per heavy atom. The zero-order valence-corrected chi connectivity index (χ0v) is 17.3. The molecule has 1 aromatic rings. The Morgan fingerprint density at radius 2 is 1.71 bits per heavy atom. The van der Waals surface area contributed by atoms with Gasteiger partial charge in [0, 0.05) is 32.7 Å². The topological polar surface area (TPSA) is 108 Å². The lowest BCUT2D eigenvalue weighted by molar-refractivity contribution is -0.121. The lowest BCUT2D eigenvalue weighted by Gasteiger charge is -2.33. The third-order valence-corrected chi connectivity index (χ3v) is 6.23. The van der Waals surface area contributed by atoms with Crippen LogP contribution >= 0.6 is 0 Å².